The average Bonchev–Trinajstić information content (AvgIpc) is 3.33. The second kappa shape index (κ2) is 5.79. The van der Waals surface area contributed by atoms with Gasteiger partial charge in [-0.25, -0.2) is 4.79 Å². The monoisotopic (exact) mass is 360 g/mol. The Kier molecular flexibility index (Phi) is 3.59. The summed E-state index contributed by atoms with van der Waals surface area (Å²) in [6, 6.07) is 8.53. The van der Waals surface area contributed by atoms with Crippen LogP contribution in [0.25, 0.3) is 0 Å². The van der Waals surface area contributed by atoms with Gasteiger partial charge in [-0.15, -0.1) is 0 Å². The maximum Gasteiger partial charge on any atom is 0.338 e. The lowest BCUT2D eigenvalue weighted by Crippen LogP contribution is -2.22. The molecule has 2 aromatic carbocycles. The van der Waals surface area contributed by atoms with Crippen molar-refractivity contribution in [2.45, 2.75) is 51.9 Å². The first-order valence-corrected chi connectivity index (χ1v) is 9.87. The van der Waals surface area contributed by atoms with Crippen LogP contribution in [0.2, 0.25) is 0 Å². The summed E-state index contributed by atoms with van der Waals surface area (Å²) in [5.41, 5.74) is 9.63. The summed E-state index contributed by atoms with van der Waals surface area (Å²) in [7, 11) is 1.49. The molecule has 1 atom stereocenters. The van der Waals surface area contributed by atoms with Gasteiger partial charge in [0.15, 0.2) is 5.78 Å². The lowest BCUT2D eigenvalue weighted by atomic mass is 9.81. The number of aryl methyl sites for hydroxylation is 1. The zero-order valence-corrected chi connectivity index (χ0v) is 16.0. The van der Waals surface area contributed by atoms with Crippen molar-refractivity contribution in [2.75, 3.05) is 7.11 Å². The second-order valence-corrected chi connectivity index (χ2v) is 8.62. The third-order valence-electron chi connectivity index (χ3n) is 6.85. The molecular weight excluding hydrogens is 336 g/mol. The Morgan fingerprint density at radius 3 is 2.44 bits per heavy atom. The van der Waals surface area contributed by atoms with E-state index in [1.165, 1.54) is 40.5 Å². The fourth-order valence-electron chi connectivity index (χ4n) is 5.70. The van der Waals surface area contributed by atoms with Crippen molar-refractivity contribution in [3.8, 4) is 0 Å². The van der Waals surface area contributed by atoms with Crippen molar-refractivity contribution in [2.24, 2.45) is 5.41 Å². The Balaban J connectivity index is 1.55. The topological polar surface area (TPSA) is 43.4 Å². The van der Waals surface area contributed by atoms with Gasteiger partial charge in [0, 0.05) is 5.56 Å². The molecule has 0 aliphatic heterocycles. The summed E-state index contributed by atoms with van der Waals surface area (Å²) in [5.74, 6) is -0.0470. The summed E-state index contributed by atoms with van der Waals surface area (Å²) in [6.45, 7) is 1.63. The minimum Gasteiger partial charge on any atom is -0.465 e. The van der Waals surface area contributed by atoms with Gasteiger partial charge in [0.1, 0.15) is 0 Å². The zero-order chi connectivity index (χ0) is 18.8. The molecule has 138 valence electrons. The maximum atomic E-state index is 12.6. The first-order valence-electron chi connectivity index (χ1n) is 9.87. The Hall–Kier alpha value is -2.42. The molecular formula is C24H24O3. The predicted molar refractivity (Wildman–Crippen MR) is 104 cm³/mol. The van der Waals surface area contributed by atoms with Crippen molar-refractivity contribution in [3.05, 3.63) is 68.8 Å². The Labute approximate surface area is 159 Å². The van der Waals surface area contributed by atoms with Crippen LogP contribution in [0, 0.1) is 5.41 Å². The minimum atomic E-state index is -0.170. The largest absolute Gasteiger partial charge is 0.465 e. The van der Waals surface area contributed by atoms with Gasteiger partial charge in [-0.2, -0.15) is 0 Å². The molecule has 0 heterocycles. The summed E-state index contributed by atoms with van der Waals surface area (Å²) in [5, 5.41) is 0. The van der Waals surface area contributed by atoms with E-state index in [9.17, 15) is 9.59 Å². The first kappa shape index (κ1) is 16.7. The van der Waals surface area contributed by atoms with Crippen molar-refractivity contribution in [3.63, 3.8) is 0 Å². The van der Waals surface area contributed by atoms with E-state index in [4.69, 9.17) is 4.74 Å². The van der Waals surface area contributed by atoms with Gasteiger partial charge >= 0.3 is 5.97 Å². The van der Waals surface area contributed by atoms with Gasteiger partial charge in [-0.3, -0.25) is 4.79 Å². The molecule has 0 saturated carbocycles. The minimum absolute atomic E-state index is 0.123. The molecule has 0 fully saturated rings. The second-order valence-electron chi connectivity index (χ2n) is 8.62. The molecule has 3 aliphatic rings. The molecule has 27 heavy (non-hydrogen) atoms. The number of carbonyl (C=O) groups is 2. The van der Waals surface area contributed by atoms with E-state index in [-0.39, 0.29) is 17.2 Å². The van der Waals surface area contributed by atoms with Crippen LogP contribution < -0.4 is 0 Å². The molecule has 0 radical (unpaired) electrons. The van der Waals surface area contributed by atoms with Crippen LogP contribution in [0.15, 0.2) is 24.3 Å². The predicted octanol–water partition coefficient (Wildman–Crippen LogP) is 4.05. The summed E-state index contributed by atoms with van der Waals surface area (Å²) in [4.78, 5) is 24.4. The molecule has 1 spiro atoms. The zero-order valence-electron chi connectivity index (χ0n) is 16.0. The number of fused-ring (bicyclic) bond motifs is 3. The van der Waals surface area contributed by atoms with Gasteiger partial charge in [0.2, 0.25) is 0 Å². The van der Waals surface area contributed by atoms with Crippen LogP contribution in [0.1, 0.15) is 67.4 Å². The van der Waals surface area contributed by atoms with Crippen LogP contribution in [0.5, 0.6) is 0 Å². The molecule has 5 rings (SSSR count). The van der Waals surface area contributed by atoms with E-state index >= 15 is 0 Å². The number of Topliss-reactive ketones (excluding diaryl/α,β-unsaturated/α-hetero) is 1. The SMILES string of the molecule is COC(=O)c1c2c(cc3c1C[C@]1(Cc4ccc(C(C)=O)cc4C1)C3)CCC2. The van der Waals surface area contributed by atoms with E-state index in [2.05, 4.69) is 18.2 Å². The third-order valence-corrected chi connectivity index (χ3v) is 6.85. The Bertz CT molecular complexity index is 1000. The van der Waals surface area contributed by atoms with Gasteiger partial charge in [0.25, 0.3) is 0 Å². The number of carbonyl (C=O) groups excluding carboxylic acids is 2. The van der Waals surface area contributed by atoms with E-state index in [0.717, 1.165) is 56.1 Å². The molecule has 0 aromatic heterocycles. The molecule has 0 unspecified atom stereocenters. The van der Waals surface area contributed by atoms with Crippen LogP contribution in [0.3, 0.4) is 0 Å². The molecule has 0 saturated heterocycles. The van der Waals surface area contributed by atoms with Crippen LogP contribution in [-0.2, 0) is 43.3 Å². The number of esters is 1. The third kappa shape index (κ3) is 2.48. The van der Waals surface area contributed by atoms with Crippen LogP contribution in [0.4, 0.5) is 0 Å². The standard InChI is InChI=1S/C24H24O3/c1-14(25)15-6-7-17-10-24(11-18(17)8-15)12-19-9-16-4-3-5-20(16)22(21(19)13-24)23(26)27-2/h6-9H,3-5,10-13H2,1-2H3/t24-/m0/s1. The molecule has 3 heteroatoms. The quantitative estimate of drug-likeness (QED) is 0.599. The van der Waals surface area contributed by atoms with Gasteiger partial charge in [-0.1, -0.05) is 18.2 Å². The van der Waals surface area contributed by atoms with E-state index in [0.29, 0.717) is 0 Å². The summed E-state index contributed by atoms with van der Waals surface area (Å²) in [6.07, 6.45) is 7.16. The molecule has 3 aliphatic carbocycles. The molecule has 0 amide bonds. The van der Waals surface area contributed by atoms with Crippen molar-refractivity contribution >= 4 is 11.8 Å². The number of benzene rings is 2. The average molecular weight is 360 g/mol. The van der Waals surface area contributed by atoms with Gasteiger partial charge in [-0.05, 0) is 96.7 Å². The smallest absolute Gasteiger partial charge is 0.338 e. The summed E-state index contributed by atoms with van der Waals surface area (Å²) >= 11 is 0. The highest BCUT2D eigenvalue weighted by atomic mass is 16.5. The van der Waals surface area contributed by atoms with E-state index < -0.39 is 0 Å². The van der Waals surface area contributed by atoms with Crippen LogP contribution >= 0.6 is 0 Å². The maximum absolute atomic E-state index is 12.6. The molecule has 3 nitrogen and oxygen atoms in total. The lowest BCUT2D eigenvalue weighted by molar-refractivity contribution is 0.0598. The highest BCUT2D eigenvalue weighted by Crippen LogP contribution is 2.49. The highest BCUT2D eigenvalue weighted by molar-refractivity contribution is 5.95. The number of rotatable bonds is 2. The highest BCUT2D eigenvalue weighted by Gasteiger charge is 2.44. The fourth-order valence-corrected chi connectivity index (χ4v) is 5.70. The Morgan fingerprint density at radius 1 is 0.889 bits per heavy atom. The number of hydrogen-bond acceptors (Lipinski definition) is 3. The number of methoxy groups -OCH3 is 1. The lowest BCUT2D eigenvalue weighted by Gasteiger charge is -2.22. The van der Waals surface area contributed by atoms with Crippen molar-refractivity contribution in [1.82, 2.24) is 0 Å². The molecule has 2 aromatic rings. The molecule has 0 bridgehead atoms. The number of hydrogen-bond donors (Lipinski definition) is 0. The fraction of sp³-hybridized carbons (Fsp3) is 0.417. The Morgan fingerprint density at radius 2 is 1.67 bits per heavy atom. The van der Waals surface area contributed by atoms with E-state index in [1.807, 2.05) is 6.07 Å². The number of ether oxygens (including phenoxy) is 1. The normalized spacial score (nSPS) is 21.9. The molecule has 0 N–H and O–H groups in total. The van der Waals surface area contributed by atoms with Crippen LogP contribution in [-0.4, -0.2) is 18.9 Å². The number of ketones is 1. The van der Waals surface area contributed by atoms with Crippen molar-refractivity contribution in [1.29, 1.82) is 0 Å². The van der Waals surface area contributed by atoms with Gasteiger partial charge in [0.05, 0.1) is 12.7 Å². The van der Waals surface area contributed by atoms with Gasteiger partial charge < -0.3 is 4.74 Å². The van der Waals surface area contributed by atoms with Crippen molar-refractivity contribution < 1.29 is 14.3 Å². The first-order chi connectivity index (χ1) is 13.0. The van der Waals surface area contributed by atoms with E-state index in [1.54, 1.807) is 6.92 Å². The summed E-state index contributed by atoms with van der Waals surface area (Å²) < 4.78 is 5.17.